The van der Waals surface area contributed by atoms with E-state index in [2.05, 4.69) is 21.0 Å². The van der Waals surface area contributed by atoms with E-state index >= 15 is 0 Å². The zero-order valence-electron chi connectivity index (χ0n) is 14.4. The summed E-state index contributed by atoms with van der Waals surface area (Å²) in [5, 5.41) is 7.01. The van der Waals surface area contributed by atoms with Crippen LogP contribution >= 0.6 is 11.3 Å². The van der Waals surface area contributed by atoms with E-state index in [-0.39, 0.29) is 12.8 Å². The highest BCUT2D eigenvalue weighted by atomic mass is 32.1. The molecular weight excluding hydrogens is 372 g/mol. The molecule has 3 aromatic rings. The number of benzene rings is 1. The number of esters is 1. The summed E-state index contributed by atoms with van der Waals surface area (Å²) in [4.78, 5) is 39.4. The molecule has 0 saturated carbocycles. The summed E-state index contributed by atoms with van der Waals surface area (Å²) < 4.78 is 9.99. The SMILES string of the molecule is Cc1csc(CC(=O)NNC(=O)COC(=O)Cc2noc3ccccc23)n1. The van der Waals surface area contributed by atoms with Gasteiger partial charge in [-0.05, 0) is 19.1 Å². The van der Waals surface area contributed by atoms with Crippen LogP contribution in [0, 0.1) is 6.92 Å². The van der Waals surface area contributed by atoms with E-state index in [0.717, 1.165) is 5.69 Å². The van der Waals surface area contributed by atoms with Crippen LogP contribution in [0.4, 0.5) is 0 Å². The molecule has 0 aliphatic rings. The van der Waals surface area contributed by atoms with E-state index in [1.54, 1.807) is 24.3 Å². The molecule has 2 N–H and O–H groups in total. The van der Waals surface area contributed by atoms with Crippen LogP contribution in [0.15, 0.2) is 34.2 Å². The quantitative estimate of drug-likeness (QED) is 0.478. The molecule has 0 fully saturated rings. The van der Waals surface area contributed by atoms with Gasteiger partial charge in [0.15, 0.2) is 12.2 Å². The second kappa shape index (κ2) is 8.41. The van der Waals surface area contributed by atoms with Gasteiger partial charge in [-0.3, -0.25) is 25.2 Å². The highest BCUT2D eigenvalue weighted by molar-refractivity contribution is 7.09. The number of hydrogen-bond acceptors (Lipinski definition) is 8. The molecule has 0 bridgehead atoms. The van der Waals surface area contributed by atoms with Crippen LogP contribution in [-0.4, -0.2) is 34.5 Å². The largest absolute Gasteiger partial charge is 0.455 e. The minimum absolute atomic E-state index is 0.0534. The fraction of sp³-hybridized carbons (Fsp3) is 0.235. The molecular formula is C17H16N4O5S. The van der Waals surface area contributed by atoms with E-state index in [0.29, 0.717) is 21.7 Å². The average molecular weight is 388 g/mol. The lowest BCUT2D eigenvalue weighted by atomic mass is 10.2. The monoisotopic (exact) mass is 388 g/mol. The summed E-state index contributed by atoms with van der Waals surface area (Å²) >= 11 is 1.36. The van der Waals surface area contributed by atoms with Crippen LogP contribution in [0.5, 0.6) is 0 Å². The minimum atomic E-state index is -0.656. The lowest BCUT2D eigenvalue weighted by Gasteiger charge is -2.07. The molecule has 2 heterocycles. The minimum Gasteiger partial charge on any atom is -0.455 e. The molecule has 0 unspecified atom stereocenters. The number of aromatic nitrogens is 2. The molecule has 27 heavy (non-hydrogen) atoms. The Kier molecular flexibility index (Phi) is 5.77. The first-order chi connectivity index (χ1) is 13.0. The number of nitrogens with zero attached hydrogens (tertiary/aromatic N) is 2. The van der Waals surface area contributed by atoms with Crippen LogP contribution in [0.2, 0.25) is 0 Å². The van der Waals surface area contributed by atoms with Crippen molar-refractivity contribution in [2.24, 2.45) is 0 Å². The smallest absolute Gasteiger partial charge is 0.312 e. The summed E-state index contributed by atoms with van der Waals surface area (Å²) in [6, 6.07) is 7.11. The van der Waals surface area contributed by atoms with Gasteiger partial charge in [0.1, 0.15) is 10.7 Å². The molecule has 0 atom stereocenters. The van der Waals surface area contributed by atoms with E-state index in [9.17, 15) is 14.4 Å². The Morgan fingerprint density at radius 1 is 1.15 bits per heavy atom. The zero-order valence-corrected chi connectivity index (χ0v) is 15.2. The first-order valence-corrected chi connectivity index (χ1v) is 8.87. The van der Waals surface area contributed by atoms with Crippen LogP contribution in [0.1, 0.15) is 16.4 Å². The number of aryl methyl sites for hydroxylation is 1. The van der Waals surface area contributed by atoms with E-state index < -0.39 is 24.4 Å². The maximum Gasteiger partial charge on any atom is 0.312 e. The van der Waals surface area contributed by atoms with Crippen molar-refractivity contribution in [3.05, 3.63) is 46.0 Å². The molecule has 0 spiro atoms. The molecule has 9 nitrogen and oxygen atoms in total. The topological polar surface area (TPSA) is 123 Å². The first kappa shape index (κ1) is 18.5. The number of amides is 2. The Balaban J connectivity index is 1.39. The zero-order chi connectivity index (χ0) is 19.2. The van der Waals surface area contributed by atoms with Crippen molar-refractivity contribution in [3.63, 3.8) is 0 Å². The van der Waals surface area contributed by atoms with Gasteiger partial charge in [-0.25, -0.2) is 4.98 Å². The normalized spacial score (nSPS) is 10.6. The number of para-hydroxylation sites is 1. The van der Waals surface area contributed by atoms with Crippen molar-refractivity contribution >= 4 is 40.1 Å². The summed E-state index contributed by atoms with van der Waals surface area (Å²) in [6.45, 7) is 1.31. The summed E-state index contributed by atoms with van der Waals surface area (Å²) in [6.07, 6.45) is -0.0716. The molecule has 0 radical (unpaired) electrons. The summed E-state index contributed by atoms with van der Waals surface area (Å²) in [7, 11) is 0. The second-order valence-corrected chi connectivity index (χ2v) is 6.56. The highest BCUT2D eigenvalue weighted by Gasteiger charge is 2.15. The molecule has 2 amide bonds. The Morgan fingerprint density at radius 2 is 1.93 bits per heavy atom. The van der Waals surface area contributed by atoms with Gasteiger partial charge in [0.05, 0.1) is 12.8 Å². The van der Waals surface area contributed by atoms with Crippen LogP contribution in [-0.2, 0) is 32.0 Å². The number of carbonyl (C=O) groups excluding carboxylic acids is 3. The second-order valence-electron chi connectivity index (χ2n) is 5.62. The predicted molar refractivity (Wildman–Crippen MR) is 95.5 cm³/mol. The Bertz CT molecular complexity index is 981. The number of ether oxygens (including phenoxy) is 1. The first-order valence-electron chi connectivity index (χ1n) is 7.99. The Morgan fingerprint density at radius 3 is 2.70 bits per heavy atom. The standard InChI is InChI=1S/C17H16N4O5S/c1-10-9-27-16(18-10)7-14(22)19-20-15(23)8-25-17(24)6-12-11-4-2-3-5-13(11)26-21-12/h2-5,9H,6-8H2,1H3,(H,19,22)(H,20,23). The van der Waals surface area contributed by atoms with Gasteiger partial charge < -0.3 is 9.26 Å². The third kappa shape index (κ3) is 5.11. The Labute approximate surface area is 157 Å². The number of carbonyl (C=O) groups is 3. The van der Waals surface area contributed by atoms with Crippen LogP contribution in [0.3, 0.4) is 0 Å². The summed E-state index contributed by atoms with van der Waals surface area (Å²) in [5.41, 5.74) is 6.25. The molecule has 0 aliphatic carbocycles. The van der Waals surface area contributed by atoms with Crippen molar-refractivity contribution in [3.8, 4) is 0 Å². The number of thiazole rings is 1. The van der Waals surface area contributed by atoms with Crippen molar-refractivity contribution < 1.29 is 23.6 Å². The van der Waals surface area contributed by atoms with Crippen molar-refractivity contribution in [1.82, 2.24) is 21.0 Å². The van der Waals surface area contributed by atoms with Gasteiger partial charge in [-0.1, -0.05) is 17.3 Å². The van der Waals surface area contributed by atoms with Crippen molar-refractivity contribution in [1.29, 1.82) is 0 Å². The molecule has 10 heteroatoms. The predicted octanol–water partition coefficient (Wildman–Crippen LogP) is 1.07. The van der Waals surface area contributed by atoms with Gasteiger partial charge in [-0.15, -0.1) is 11.3 Å². The number of nitrogens with one attached hydrogen (secondary N) is 2. The summed E-state index contributed by atoms with van der Waals surface area (Å²) in [5.74, 6) is -1.70. The van der Waals surface area contributed by atoms with Gasteiger partial charge >= 0.3 is 5.97 Å². The van der Waals surface area contributed by atoms with E-state index in [1.807, 2.05) is 12.3 Å². The maximum absolute atomic E-state index is 11.9. The lowest BCUT2D eigenvalue weighted by molar-refractivity contribution is -0.148. The van der Waals surface area contributed by atoms with Gasteiger partial charge in [-0.2, -0.15) is 0 Å². The van der Waals surface area contributed by atoms with Gasteiger partial charge in [0.2, 0.25) is 5.91 Å². The van der Waals surface area contributed by atoms with Crippen LogP contribution < -0.4 is 10.9 Å². The van der Waals surface area contributed by atoms with E-state index in [1.165, 1.54) is 11.3 Å². The Hall–Kier alpha value is -3.27. The third-order valence-electron chi connectivity index (χ3n) is 3.45. The van der Waals surface area contributed by atoms with Crippen LogP contribution in [0.25, 0.3) is 11.0 Å². The third-order valence-corrected chi connectivity index (χ3v) is 4.41. The molecule has 140 valence electrons. The lowest BCUT2D eigenvalue weighted by Crippen LogP contribution is -2.44. The number of fused-ring (bicyclic) bond motifs is 1. The molecule has 3 rings (SSSR count). The molecule has 0 aliphatic heterocycles. The van der Waals surface area contributed by atoms with Gasteiger partial charge in [0, 0.05) is 16.5 Å². The molecule has 0 saturated heterocycles. The average Bonchev–Trinajstić information content (AvgIpc) is 3.24. The maximum atomic E-state index is 11.9. The number of hydrazine groups is 1. The fourth-order valence-corrected chi connectivity index (χ4v) is 3.01. The molecule has 1 aromatic carbocycles. The molecule has 2 aromatic heterocycles. The van der Waals surface area contributed by atoms with Crippen molar-refractivity contribution in [2.75, 3.05) is 6.61 Å². The fourth-order valence-electron chi connectivity index (χ4n) is 2.24. The van der Waals surface area contributed by atoms with E-state index in [4.69, 9.17) is 9.26 Å². The van der Waals surface area contributed by atoms with Crippen molar-refractivity contribution in [2.45, 2.75) is 19.8 Å². The highest BCUT2D eigenvalue weighted by Crippen LogP contribution is 2.18. The van der Waals surface area contributed by atoms with Gasteiger partial charge in [0.25, 0.3) is 5.91 Å². The number of rotatable bonds is 6. The number of hydrogen-bond donors (Lipinski definition) is 2.